The number of nitrogens with two attached hydrogens (primary N) is 1. The van der Waals surface area contributed by atoms with Crippen molar-refractivity contribution in [2.45, 2.75) is 38.8 Å². The van der Waals surface area contributed by atoms with E-state index < -0.39 is 5.54 Å². The highest BCUT2D eigenvalue weighted by Crippen LogP contribution is 2.32. The van der Waals surface area contributed by atoms with Crippen molar-refractivity contribution < 1.29 is 9.32 Å². The first kappa shape index (κ1) is 10.2. The monoisotopic (exact) mass is 209 g/mol. The second kappa shape index (κ2) is 3.34. The van der Waals surface area contributed by atoms with Gasteiger partial charge in [0.15, 0.2) is 0 Å². The molecule has 1 fully saturated rings. The molecule has 1 heterocycles. The molecular weight excluding hydrogens is 194 g/mol. The minimum atomic E-state index is -0.612. The van der Waals surface area contributed by atoms with Gasteiger partial charge >= 0.3 is 0 Å². The van der Waals surface area contributed by atoms with Crippen molar-refractivity contribution in [1.82, 2.24) is 10.5 Å². The minimum absolute atomic E-state index is 0.0810. The van der Waals surface area contributed by atoms with Gasteiger partial charge in [0.2, 0.25) is 5.91 Å². The van der Waals surface area contributed by atoms with Crippen molar-refractivity contribution in [2.75, 3.05) is 0 Å². The van der Waals surface area contributed by atoms with Crippen LogP contribution in [0.15, 0.2) is 4.52 Å². The standard InChI is InChI=1S/C10H15N3O2/c1-6-8(7(2)15-13-6)5-12-9(14)10(11)3-4-10/h3-5,11H2,1-2H3,(H,12,14). The molecule has 0 unspecified atom stereocenters. The van der Waals surface area contributed by atoms with E-state index in [0.29, 0.717) is 6.54 Å². The molecule has 5 heteroatoms. The number of carbonyl (C=O) groups is 1. The van der Waals surface area contributed by atoms with Crippen LogP contribution in [0, 0.1) is 13.8 Å². The lowest BCUT2D eigenvalue weighted by molar-refractivity contribution is -0.123. The number of nitrogens with one attached hydrogen (secondary N) is 1. The van der Waals surface area contributed by atoms with Gasteiger partial charge in [0.1, 0.15) is 5.76 Å². The van der Waals surface area contributed by atoms with Crippen LogP contribution in [0.1, 0.15) is 29.9 Å². The molecule has 1 aromatic heterocycles. The molecule has 1 aliphatic rings. The summed E-state index contributed by atoms with van der Waals surface area (Å²) in [5, 5.41) is 6.62. The topological polar surface area (TPSA) is 81.2 Å². The van der Waals surface area contributed by atoms with E-state index in [2.05, 4.69) is 10.5 Å². The van der Waals surface area contributed by atoms with Gasteiger partial charge in [0, 0.05) is 12.1 Å². The third kappa shape index (κ3) is 1.87. The zero-order chi connectivity index (χ0) is 11.1. The molecule has 1 amide bonds. The van der Waals surface area contributed by atoms with E-state index in [1.54, 1.807) is 0 Å². The number of amides is 1. The summed E-state index contributed by atoms with van der Waals surface area (Å²) >= 11 is 0. The fourth-order valence-electron chi connectivity index (χ4n) is 1.46. The number of hydrogen-bond donors (Lipinski definition) is 2. The summed E-state index contributed by atoms with van der Waals surface area (Å²) in [5.74, 6) is 0.664. The Morgan fingerprint density at radius 3 is 2.73 bits per heavy atom. The van der Waals surface area contributed by atoms with Gasteiger partial charge in [-0.1, -0.05) is 5.16 Å². The van der Waals surface area contributed by atoms with Crippen molar-refractivity contribution in [2.24, 2.45) is 5.73 Å². The summed E-state index contributed by atoms with van der Waals surface area (Å²) < 4.78 is 5.00. The van der Waals surface area contributed by atoms with Crippen LogP contribution in [-0.2, 0) is 11.3 Å². The average molecular weight is 209 g/mol. The van der Waals surface area contributed by atoms with Crippen molar-refractivity contribution in [3.05, 3.63) is 17.0 Å². The van der Waals surface area contributed by atoms with Crippen molar-refractivity contribution in [3.63, 3.8) is 0 Å². The number of rotatable bonds is 3. The Morgan fingerprint density at radius 2 is 2.27 bits per heavy atom. The third-order valence-electron chi connectivity index (χ3n) is 2.85. The van der Waals surface area contributed by atoms with Gasteiger partial charge in [-0.25, -0.2) is 0 Å². The van der Waals surface area contributed by atoms with E-state index in [1.807, 2.05) is 13.8 Å². The second-order valence-corrected chi connectivity index (χ2v) is 4.14. The van der Waals surface area contributed by atoms with E-state index >= 15 is 0 Å². The van der Waals surface area contributed by atoms with E-state index in [4.69, 9.17) is 10.3 Å². The van der Waals surface area contributed by atoms with Crippen molar-refractivity contribution in [3.8, 4) is 0 Å². The van der Waals surface area contributed by atoms with Crippen LogP contribution in [0.2, 0.25) is 0 Å². The summed E-state index contributed by atoms with van der Waals surface area (Å²) in [6.07, 6.45) is 1.56. The quantitative estimate of drug-likeness (QED) is 0.755. The van der Waals surface area contributed by atoms with Gasteiger partial charge in [-0.2, -0.15) is 0 Å². The zero-order valence-electron chi connectivity index (χ0n) is 8.96. The third-order valence-corrected chi connectivity index (χ3v) is 2.85. The normalized spacial score (nSPS) is 17.5. The Hall–Kier alpha value is -1.36. The number of nitrogens with zero attached hydrogens (tertiary/aromatic N) is 1. The minimum Gasteiger partial charge on any atom is -0.361 e. The molecule has 0 aromatic carbocycles. The van der Waals surface area contributed by atoms with Crippen molar-refractivity contribution >= 4 is 5.91 Å². The lowest BCUT2D eigenvalue weighted by atomic mass is 10.2. The molecule has 2 rings (SSSR count). The lowest BCUT2D eigenvalue weighted by Crippen LogP contribution is -2.42. The van der Waals surface area contributed by atoms with Crippen LogP contribution in [0.4, 0.5) is 0 Å². The molecule has 0 saturated heterocycles. The molecule has 0 aliphatic heterocycles. The summed E-state index contributed by atoms with van der Waals surface area (Å²) in [7, 11) is 0. The summed E-state index contributed by atoms with van der Waals surface area (Å²) in [6.45, 7) is 4.13. The molecule has 0 radical (unpaired) electrons. The molecule has 15 heavy (non-hydrogen) atoms. The number of carbonyl (C=O) groups excluding carboxylic acids is 1. The van der Waals surface area contributed by atoms with E-state index in [0.717, 1.165) is 29.9 Å². The van der Waals surface area contributed by atoms with Gasteiger partial charge in [-0.05, 0) is 26.7 Å². The smallest absolute Gasteiger partial charge is 0.240 e. The average Bonchev–Trinajstić information content (AvgIpc) is 2.87. The highest BCUT2D eigenvalue weighted by atomic mass is 16.5. The molecule has 0 spiro atoms. The zero-order valence-corrected chi connectivity index (χ0v) is 8.96. The fraction of sp³-hybridized carbons (Fsp3) is 0.600. The van der Waals surface area contributed by atoms with Crippen molar-refractivity contribution in [1.29, 1.82) is 0 Å². The van der Waals surface area contributed by atoms with Crippen LogP contribution in [0.3, 0.4) is 0 Å². The van der Waals surface area contributed by atoms with Crippen LogP contribution in [0.5, 0.6) is 0 Å². The first-order valence-corrected chi connectivity index (χ1v) is 5.02. The van der Waals surface area contributed by atoms with Crippen LogP contribution in [0.25, 0.3) is 0 Å². The maximum atomic E-state index is 11.6. The number of aromatic nitrogens is 1. The molecular formula is C10H15N3O2. The first-order chi connectivity index (χ1) is 7.03. The number of aryl methyl sites for hydroxylation is 2. The summed E-state index contributed by atoms with van der Waals surface area (Å²) in [4.78, 5) is 11.6. The maximum absolute atomic E-state index is 11.6. The molecule has 0 bridgehead atoms. The highest BCUT2D eigenvalue weighted by molar-refractivity contribution is 5.88. The lowest BCUT2D eigenvalue weighted by Gasteiger charge is -2.09. The van der Waals surface area contributed by atoms with Crippen LogP contribution < -0.4 is 11.1 Å². The highest BCUT2D eigenvalue weighted by Gasteiger charge is 2.45. The van der Waals surface area contributed by atoms with Gasteiger partial charge < -0.3 is 15.6 Å². The Labute approximate surface area is 88.0 Å². The van der Waals surface area contributed by atoms with Gasteiger partial charge in [0.25, 0.3) is 0 Å². The number of hydrogen-bond acceptors (Lipinski definition) is 4. The first-order valence-electron chi connectivity index (χ1n) is 5.02. The molecule has 1 aromatic rings. The van der Waals surface area contributed by atoms with Gasteiger partial charge in [-0.3, -0.25) is 4.79 Å². The second-order valence-electron chi connectivity index (χ2n) is 4.14. The molecule has 1 saturated carbocycles. The SMILES string of the molecule is Cc1noc(C)c1CNC(=O)C1(N)CC1. The van der Waals surface area contributed by atoms with E-state index in [9.17, 15) is 4.79 Å². The van der Waals surface area contributed by atoms with Crippen LogP contribution >= 0.6 is 0 Å². The summed E-state index contributed by atoms with van der Waals surface area (Å²) in [6, 6.07) is 0. The van der Waals surface area contributed by atoms with E-state index in [-0.39, 0.29) is 5.91 Å². The van der Waals surface area contributed by atoms with Gasteiger partial charge in [-0.15, -0.1) is 0 Å². The Balaban J connectivity index is 1.96. The predicted molar refractivity (Wildman–Crippen MR) is 54.0 cm³/mol. The molecule has 82 valence electrons. The van der Waals surface area contributed by atoms with Gasteiger partial charge in [0.05, 0.1) is 11.2 Å². The fourth-order valence-corrected chi connectivity index (χ4v) is 1.46. The largest absolute Gasteiger partial charge is 0.361 e. The molecule has 5 nitrogen and oxygen atoms in total. The Bertz CT molecular complexity index is 374. The molecule has 3 N–H and O–H groups in total. The Morgan fingerprint density at radius 1 is 1.60 bits per heavy atom. The predicted octanol–water partition coefficient (Wildman–Crippen LogP) is 0.399. The molecule has 0 atom stereocenters. The summed E-state index contributed by atoms with van der Waals surface area (Å²) in [5.41, 5.74) is 6.89. The maximum Gasteiger partial charge on any atom is 0.240 e. The van der Waals surface area contributed by atoms with E-state index in [1.165, 1.54) is 0 Å². The molecule has 1 aliphatic carbocycles. The Kier molecular flexibility index (Phi) is 2.26. The van der Waals surface area contributed by atoms with Crippen LogP contribution in [-0.4, -0.2) is 16.6 Å².